The lowest BCUT2D eigenvalue weighted by Crippen LogP contribution is -2.54. The fourth-order valence-electron chi connectivity index (χ4n) is 2.88. The van der Waals surface area contributed by atoms with E-state index in [1.54, 1.807) is 0 Å². The molecule has 0 bridgehead atoms. The van der Waals surface area contributed by atoms with Crippen LogP contribution in [0.15, 0.2) is 18.2 Å². The van der Waals surface area contributed by atoms with Crippen LogP contribution in [0, 0.1) is 12.3 Å². The van der Waals surface area contributed by atoms with Crippen molar-refractivity contribution in [1.29, 1.82) is 0 Å². The maximum atomic E-state index is 5.99. The summed E-state index contributed by atoms with van der Waals surface area (Å²) in [6, 6.07) is 6.21. The number of aryl methyl sites for hydroxylation is 1. The van der Waals surface area contributed by atoms with E-state index in [4.69, 9.17) is 11.6 Å². The molecule has 2 saturated heterocycles. The van der Waals surface area contributed by atoms with Gasteiger partial charge < -0.3 is 10.2 Å². The number of hydrogen-bond donors (Lipinski definition) is 1. The lowest BCUT2D eigenvalue weighted by atomic mass is 9.81. The second-order valence-corrected chi connectivity index (χ2v) is 5.64. The molecule has 3 heteroatoms. The Bertz CT molecular complexity index is 412. The van der Waals surface area contributed by atoms with Crippen LogP contribution >= 0.6 is 11.6 Å². The first kappa shape index (κ1) is 10.4. The highest BCUT2D eigenvalue weighted by Gasteiger charge is 2.43. The van der Waals surface area contributed by atoms with Gasteiger partial charge in [-0.25, -0.2) is 0 Å². The highest BCUT2D eigenvalue weighted by molar-refractivity contribution is 6.30. The SMILES string of the molecule is Cc1cc(Cl)ccc1N1CCC2(CNC2)C1. The van der Waals surface area contributed by atoms with Crippen molar-refractivity contribution in [3.8, 4) is 0 Å². The lowest BCUT2D eigenvalue weighted by Gasteiger charge is -2.39. The summed E-state index contributed by atoms with van der Waals surface area (Å²) < 4.78 is 0. The minimum atomic E-state index is 0.562. The molecule has 0 amide bonds. The van der Waals surface area contributed by atoms with Gasteiger partial charge in [0.25, 0.3) is 0 Å². The summed E-state index contributed by atoms with van der Waals surface area (Å²) >= 11 is 5.99. The van der Waals surface area contributed by atoms with Crippen molar-refractivity contribution < 1.29 is 0 Å². The largest absolute Gasteiger partial charge is 0.371 e. The Labute approximate surface area is 102 Å². The van der Waals surface area contributed by atoms with Gasteiger partial charge >= 0.3 is 0 Å². The highest BCUT2D eigenvalue weighted by atomic mass is 35.5. The van der Waals surface area contributed by atoms with Crippen molar-refractivity contribution in [2.75, 3.05) is 31.1 Å². The van der Waals surface area contributed by atoms with E-state index in [-0.39, 0.29) is 0 Å². The molecule has 0 aliphatic carbocycles. The molecule has 2 fully saturated rings. The van der Waals surface area contributed by atoms with Gasteiger partial charge in [0.1, 0.15) is 0 Å². The normalized spacial score (nSPS) is 22.5. The average Bonchev–Trinajstić information content (AvgIpc) is 2.62. The maximum absolute atomic E-state index is 5.99. The van der Waals surface area contributed by atoms with E-state index in [1.807, 2.05) is 6.07 Å². The summed E-state index contributed by atoms with van der Waals surface area (Å²) in [5, 5.41) is 4.23. The second-order valence-electron chi connectivity index (χ2n) is 5.21. The molecular formula is C13H17ClN2. The summed E-state index contributed by atoms with van der Waals surface area (Å²) in [5.41, 5.74) is 3.21. The van der Waals surface area contributed by atoms with E-state index in [2.05, 4.69) is 29.3 Å². The lowest BCUT2D eigenvalue weighted by molar-refractivity contribution is 0.200. The van der Waals surface area contributed by atoms with Crippen LogP contribution in [0.2, 0.25) is 5.02 Å². The Morgan fingerprint density at radius 3 is 2.75 bits per heavy atom. The van der Waals surface area contributed by atoms with Crippen LogP contribution in [0.3, 0.4) is 0 Å². The third-order valence-electron chi connectivity index (χ3n) is 3.94. The number of rotatable bonds is 1. The van der Waals surface area contributed by atoms with Crippen LogP contribution in [0.25, 0.3) is 0 Å². The maximum Gasteiger partial charge on any atom is 0.0410 e. The molecule has 2 aliphatic rings. The third-order valence-corrected chi connectivity index (χ3v) is 4.17. The number of nitrogens with one attached hydrogen (secondary N) is 1. The van der Waals surface area contributed by atoms with Crippen molar-refractivity contribution in [1.82, 2.24) is 5.32 Å². The summed E-state index contributed by atoms with van der Waals surface area (Å²) in [6.45, 7) is 6.91. The Morgan fingerprint density at radius 2 is 2.19 bits per heavy atom. The quantitative estimate of drug-likeness (QED) is 0.806. The predicted molar refractivity (Wildman–Crippen MR) is 68.3 cm³/mol. The highest BCUT2D eigenvalue weighted by Crippen LogP contribution is 2.37. The first-order valence-corrected chi connectivity index (χ1v) is 6.28. The average molecular weight is 237 g/mol. The molecule has 2 heterocycles. The molecule has 1 spiro atoms. The zero-order valence-corrected chi connectivity index (χ0v) is 10.3. The van der Waals surface area contributed by atoms with Crippen molar-refractivity contribution in [2.45, 2.75) is 13.3 Å². The predicted octanol–water partition coefficient (Wildman–Crippen LogP) is 2.45. The van der Waals surface area contributed by atoms with Crippen LogP contribution in [-0.2, 0) is 0 Å². The topological polar surface area (TPSA) is 15.3 Å². The van der Waals surface area contributed by atoms with Crippen molar-refractivity contribution in [3.05, 3.63) is 28.8 Å². The molecule has 0 saturated carbocycles. The van der Waals surface area contributed by atoms with E-state index in [0.717, 1.165) is 5.02 Å². The number of benzene rings is 1. The van der Waals surface area contributed by atoms with E-state index >= 15 is 0 Å². The Balaban J connectivity index is 1.83. The van der Waals surface area contributed by atoms with Gasteiger partial charge in [-0.3, -0.25) is 0 Å². The van der Waals surface area contributed by atoms with E-state index in [0.29, 0.717) is 5.41 Å². The molecule has 1 N–H and O–H groups in total. The van der Waals surface area contributed by atoms with Crippen LogP contribution in [0.4, 0.5) is 5.69 Å². The molecule has 16 heavy (non-hydrogen) atoms. The van der Waals surface area contributed by atoms with E-state index in [1.165, 1.54) is 43.9 Å². The van der Waals surface area contributed by atoms with Gasteiger partial charge in [-0.2, -0.15) is 0 Å². The number of nitrogens with zero attached hydrogens (tertiary/aromatic N) is 1. The fourth-order valence-corrected chi connectivity index (χ4v) is 3.11. The van der Waals surface area contributed by atoms with Gasteiger partial charge in [0.15, 0.2) is 0 Å². The van der Waals surface area contributed by atoms with E-state index in [9.17, 15) is 0 Å². The minimum Gasteiger partial charge on any atom is -0.371 e. The molecule has 1 aromatic rings. The van der Waals surface area contributed by atoms with Crippen LogP contribution < -0.4 is 10.2 Å². The van der Waals surface area contributed by atoms with Crippen LogP contribution in [0.1, 0.15) is 12.0 Å². The van der Waals surface area contributed by atoms with Gasteiger partial charge in [0.2, 0.25) is 0 Å². The van der Waals surface area contributed by atoms with Crippen LogP contribution in [0.5, 0.6) is 0 Å². The molecule has 0 aromatic heterocycles. The molecular weight excluding hydrogens is 220 g/mol. The molecule has 1 aromatic carbocycles. The van der Waals surface area contributed by atoms with Crippen molar-refractivity contribution in [2.24, 2.45) is 5.41 Å². The molecule has 86 valence electrons. The van der Waals surface area contributed by atoms with Gasteiger partial charge in [0, 0.05) is 42.3 Å². The molecule has 3 rings (SSSR count). The summed E-state index contributed by atoms with van der Waals surface area (Å²) in [4.78, 5) is 2.51. The standard InChI is InChI=1S/C13H17ClN2/c1-10-6-11(14)2-3-12(10)16-5-4-13(9-16)7-15-8-13/h2-3,6,15H,4-5,7-9H2,1H3. The molecule has 0 unspecified atom stereocenters. The fraction of sp³-hybridized carbons (Fsp3) is 0.538. The minimum absolute atomic E-state index is 0.562. The van der Waals surface area contributed by atoms with Crippen molar-refractivity contribution in [3.63, 3.8) is 0 Å². The first-order chi connectivity index (χ1) is 7.69. The Kier molecular flexibility index (Phi) is 2.37. The first-order valence-electron chi connectivity index (χ1n) is 5.90. The van der Waals surface area contributed by atoms with Gasteiger partial charge in [0.05, 0.1) is 0 Å². The zero-order valence-electron chi connectivity index (χ0n) is 9.59. The van der Waals surface area contributed by atoms with Crippen molar-refractivity contribution >= 4 is 17.3 Å². The molecule has 2 aliphatic heterocycles. The molecule has 0 radical (unpaired) electrons. The van der Waals surface area contributed by atoms with Crippen LogP contribution in [-0.4, -0.2) is 26.2 Å². The monoisotopic (exact) mass is 236 g/mol. The molecule has 2 nitrogen and oxygen atoms in total. The summed E-state index contributed by atoms with van der Waals surface area (Å²) in [6.07, 6.45) is 1.32. The zero-order chi connectivity index (χ0) is 11.2. The summed E-state index contributed by atoms with van der Waals surface area (Å²) in [5.74, 6) is 0. The number of hydrogen-bond acceptors (Lipinski definition) is 2. The Morgan fingerprint density at radius 1 is 1.38 bits per heavy atom. The third kappa shape index (κ3) is 1.61. The molecule has 0 atom stereocenters. The smallest absolute Gasteiger partial charge is 0.0410 e. The summed E-state index contributed by atoms with van der Waals surface area (Å²) in [7, 11) is 0. The number of halogens is 1. The van der Waals surface area contributed by atoms with Gasteiger partial charge in [-0.1, -0.05) is 11.6 Å². The van der Waals surface area contributed by atoms with E-state index < -0.39 is 0 Å². The number of anilines is 1. The van der Waals surface area contributed by atoms with Gasteiger partial charge in [-0.15, -0.1) is 0 Å². The van der Waals surface area contributed by atoms with Gasteiger partial charge in [-0.05, 0) is 37.1 Å². The second kappa shape index (κ2) is 3.64. The Hall–Kier alpha value is -0.730.